The van der Waals surface area contributed by atoms with Crippen molar-refractivity contribution in [3.63, 3.8) is 0 Å². The summed E-state index contributed by atoms with van der Waals surface area (Å²) in [6, 6.07) is 15.9. The third-order valence-corrected chi connectivity index (χ3v) is 10.7. The number of aryl methyl sites for hydroxylation is 3. The zero-order valence-electron chi connectivity index (χ0n) is 26.9. The van der Waals surface area contributed by atoms with Gasteiger partial charge in [0.25, 0.3) is 0 Å². The smallest absolute Gasteiger partial charge is 0.126 e. The Morgan fingerprint density at radius 2 is 1.79 bits per heavy atom. The largest absolute Gasteiger partial charge is 0.405 e. The van der Waals surface area contributed by atoms with Crippen molar-refractivity contribution in [3.05, 3.63) is 83.3 Å². The van der Waals surface area contributed by atoms with Gasteiger partial charge in [0.05, 0.1) is 0 Å². The van der Waals surface area contributed by atoms with E-state index in [0.29, 0.717) is 5.54 Å². The number of hydrogen-bond acceptors (Lipinski definition) is 3. The molecule has 232 valence electrons. The fraction of sp³-hybridized carbons (Fsp3) is 0.632. The monoisotopic (exact) mass is 575 g/mol. The Kier molecular flexibility index (Phi) is 12.5. The molecule has 5 unspecified atom stereocenters. The van der Waals surface area contributed by atoms with Gasteiger partial charge in [0.1, 0.15) is 5.82 Å². The highest BCUT2D eigenvalue weighted by atomic mass is 19.1. The van der Waals surface area contributed by atoms with Crippen molar-refractivity contribution >= 4 is 0 Å². The Balaban J connectivity index is 0.000000168. The predicted molar refractivity (Wildman–Crippen MR) is 177 cm³/mol. The maximum atomic E-state index is 13.8. The summed E-state index contributed by atoms with van der Waals surface area (Å²) in [5, 5.41) is 3.84. The number of halogens is 1. The first-order valence-electron chi connectivity index (χ1n) is 17.3. The maximum Gasteiger partial charge on any atom is 0.126 e. The number of rotatable bonds is 6. The van der Waals surface area contributed by atoms with Crippen LogP contribution in [-0.2, 0) is 19.3 Å². The highest BCUT2D eigenvalue weighted by molar-refractivity contribution is 5.37. The number of fused-ring (bicyclic) bond motifs is 4. The fourth-order valence-corrected chi connectivity index (χ4v) is 8.58. The van der Waals surface area contributed by atoms with E-state index in [0.717, 1.165) is 54.2 Å². The summed E-state index contributed by atoms with van der Waals surface area (Å²) in [5.41, 5.74) is 10.6. The van der Waals surface area contributed by atoms with Crippen LogP contribution in [0.5, 0.6) is 0 Å². The minimum absolute atomic E-state index is 0.0164. The Morgan fingerprint density at radius 3 is 2.50 bits per heavy atom. The van der Waals surface area contributed by atoms with Crippen molar-refractivity contribution in [2.24, 2.45) is 17.6 Å². The standard InChI is InChI=1S/C17H26FN.C17H21N.C2H5N.C2H6/c1-2-15-9-10-16(17(18)14-15)8-4-7-13-19-11-5-3-6-12-19;1-2-4-12-11(3-1)5-6-14-13(12)9-10-17-15(14)7-8-16(17)18-17;1-2-3;1-2/h9-10,14H,2-8,11-13H2,1H3;1-4,13-16,18H,5-10H2;2H,1,3H2;1-2H3. The lowest BCUT2D eigenvalue weighted by Crippen LogP contribution is -2.41. The van der Waals surface area contributed by atoms with E-state index in [1.165, 1.54) is 90.0 Å². The van der Waals surface area contributed by atoms with Gasteiger partial charge in [-0.05, 0) is 149 Å². The van der Waals surface area contributed by atoms with Gasteiger partial charge in [0.2, 0.25) is 0 Å². The van der Waals surface area contributed by atoms with Crippen LogP contribution in [0.3, 0.4) is 0 Å². The maximum absolute atomic E-state index is 13.8. The van der Waals surface area contributed by atoms with Gasteiger partial charge in [0, 0.05) is 11.6 Å². The van der Waals surface area contributed by atoms with Crippen molar-refractivity contribution < 1.29 is 4.39 Å². The molecule has 42 heavy (non-hydrogen) atoms. The molecule has 2 heterocycles. The molecule has 5 aliphatic rings. The number of nitrogens with one attached hydrogen (secondary N) is 1. The van der Waals surface area contributed by atoms with Gasteiger partial charge in [-0.1, -0.05) is 70.2 Å². The van der Waals surface area contributed by atoms with E-state index in [2.05, 4.69) is 59.8 Å². The highest BCUT2D eigenvalue weighted by Crippen LogP contribution is 2.61. The van der Waals surface area contributed by atoms with Crippen molar-refractivity contribution in [2.45, 2.75) is 122 Å². The lowest BCUT2D eigenvalue weighted by molar-refractivity contribution is 0.145. The highest BCUT2D eigenvalue weighted by Gasteiger charge is 2.66. The van der Waals surface area contributed by atoms with Crippen LogP contribution in [0.25, 0.3) is 0 Å². The Bertz CT molecular complexity index is 1110. The van der Waals surface area contributed by atoms with Crippen molar-refractivity contribution in [1.82, 2.24) is 10.2 Å². The molecule has 0 radical (unpaired) electrons. The average Bonchev–Trinajstić information content (AvgIpc) is 3.61. The molecule has 2 aromatic carbocycles. The van der Waals surface area contributed by atoms with Crippen LogP contribution in [0, 0.1) is 17.7 Å². The molecule has 0 bridgehead atoms. The minimum atomic E-state index is -0.0164. The summed E-state index contributed by atoms with van der Waals surface area (Å²) < 4.78 is 13.8. The van der Waals surface area contributed by atoms with E-state index in [1.54, 1.807) is 17.2 Å². The molecule has 7 rings (SSSR count). The molecule has 0 aromatic heterocycles. The van der Waals surface area contributed by atoms with E-state index in [1.807, 2.05) is 19.9 Å². The quantitative estimate of drug-likeness (QED) is 0.268. The van der Waals surface area contributed by atoms with Crippen LogP contribution in [0.1, 0.15) is 113 Å². The number of piperidine rings is 2. The Morgan fingerprint density at radius 1 is 1.02 bits per heavy atom. The molecule has 2 aromatic rings. The number of benzene rings is 2. The fourth-order valence-electron chi connectivity index (χ4n) is 8.58. The van der Waals surface area contributed by atoms with E-state index in [4.69, 9.17) is 0 Å². The summed E-state index contributed by atoms with van der Waals surface area (Å²) in [6.45, 7) is 12.9. The van der Waals surface area contributed by atoms with Crippen molar-refractivity contribution in [3.8, 4) is 0 Å². The van der Waals surface area contributed by atoms with Gasteiger partial charge in [0.15, 0.2) is 0 Å². The SMILES string of the molecule is C=CN.CC.CCc1ccc(CCCCN2CCCCC2)c(F)c1.c1ccc2c(c1)CCC1C2CCC23NC2CCC13. The predicted octanol–water partition coefficient (Wildman–Crippen LogP) is 8.56. The number of unbranched alkanes of at least 4 members (excludes halogenated alkanes) is 1. The second kappa shape index (κ2) is 16.1. The molecule has 2 aliphatic heterocycles. The number of hydrogen-bond donors (Lipinski definition) is 2. The molecule has 0 amide bonds. The van der Waals surface area contributed by atoms with Gasteiger partial charge in [-0.2, -0.15) is 0 Å². The molecular weight excluding hydrogens is 517 g/mol. The normalized spacial score (nSPS) is 28.5. The molecule has 5 atom stereocenters. The topological polar surface area (TPSA) is 51.2 Å². The van der Waals surface area contributed by atoms with Crippen LogP contribution >= 0.6 is 0 Å². The number of nitrogens with two attached hydrogens (primary N) is 1. The lowest BCUT2D eigenvalue weighted by Gasteiger charge is -2.45. The molecule has 2 saturated carbocycles. The number of likely N-dealkylation sites (tertiary alicyclic amines) is 1. The zero-order valence-corrected chi connectivity index (χ0v) is 26.9. The molecule has 3 nitrogen and oxygen atoms in total. The summed E-state index contributed by atoms with van der Waals surface area (Å²) in [6.07, 6.45) is 18.0. The summed E-state index contributed by atoms with van der Waals surface area (Å²) in [4.78, 5) is 2.56. The molecule has 3 N–H and O–H groups in total. The van der Waals surface area contributed by atoms with E-state index in [9.17, 15) is 4.39 Å². The second-order valence-corrected chi connectivity index (χ2v) is 12.8. The van der Waals surface area contributed by atoms with Crippen LogP contribution in [0.15, 0.2) is 55.2 Å². The van der Waals surface area contributed by atoms with Crippen LogP contribution < -0.4 is 11.1 Å². The van der Waals surface area contributed by atoms with Gasteiger partial charge in [-0.3, -0.25) is 0 Å². The van der Waals surface area contributed by atoms with Crippen LogP contribution in [0.4, 0.5) is 4.39 Å². The molecule has 2 saturated heterocycles. The summed E-state index contributed by atoms with van der Waals surface area (Å²) in [7, 11) is 0. The Hall–Kier alpha value is -2.17. The van der Waals surface area contributed by atoms with Gasteiger partial charge >= 0.3 is 0 Å². The van der Waals surface area contributed by atoms with Gasteiger partial charge in [-0.15, -0.1) is 0 Å². The number of nitrogens with zero attached hydrogens (tertiary/aromatic N) is 1. The third-order valence-electron chi connectivity index (χ3n) is 10.7. The molecule has 1 spiro atoms. The molecular formula is C38H58FN3. The minimum Gasteiger partial charge on any atom is -0.405 e. The first-order valence-corrected chi connectivity index (χ1v) is 17.3. The Labute approximate surface area is 256 Å². The van der Waals surface area contributed by atoms with E-state index in [-0.39, 0.29) is 5.82 Å². The molecule has 3 aliphatic carbocycles. The summed E-state index contributed by atoms with van der Waals surface area (Å²) >= 11 is 0. The second-order valence-electron chi connectivity index (χ2n) is 12.8. The van der Waals surface area contributed by atoms with Crippen LogP contribution in [-0.4, -0.2) is 36.1 Å². The molecule has 4 heteroatoms. The third kappa shape index (κ3) is 7.66. The average molecular weight is 576 g/mol. The van der Waals surface area contributed by atoms with E-state index < -0.39 is 0 Å². The van der Waals surface area contributed by atoms with Crippen LogP contribution in [0.2, 0.25) is 0 Å². The summed E-state index contributed by atoms with van der Waals surface area (Å²) in [5.74, 6) is 2.84. The van der Waals surface area contributed by atoms with Crippen molar-refractivity contribution in [2.75, 3.05) is 19.6 Å². The van der Waals surface area contributed by atoms with Crippen molar-refractivity contribution in [1.29, 1.82) is 0 Å². The molecule has 4 fully saturated rings. The van der Waals surface area contributed by atoms with Gasteiger partial charge in [-0.25, -0.2) is 4.39 Å². The lowest BCUT2D eigenvalue weighted by atomic mass is 9.60. The van der Waals surface area contributed by atoms with Gasteiger partial charge < -0.3 is 16.0 Å². The first-order chi connectivity index (χ1) is 20.6. The zero-order chi connectivity index (χ0) is 30.0. The van der Waals surface area contributed by atoms with E-state index >= 15 is 0 Å². The first kappa shape index (κ1) is 32.7.